The minimum absolute atomic E-state index is 0.0767. The lowest BCUT2D eigenvalue weighted by Gasteiger charge is -2.09. The number of aryl methyl sites for hydroxylation is 1. The Bertz CT molecular complexity index is 804. The van der Waals surface area contributed by atoms with Gasteiger partial charge in [0.15, 0.2) is 17.3 Å². The van der Waals surface area contributed by atoms with Crippen molar-refractivity contribution in [2.45, 2.75) is 26.3 Å². The van der Waals surface area contributed by atoms with Crippen LogP contribution in [0.25, 0.3) is 0 Å². The van der Waals surface area contributed by atoms with Gasteiger partial charge in [-0.2, -0.15) is 0 Å². The Morgan fingerprint density at radius 1 is 1.00 bits per heavy atom. The summed E-state index contributed by atoms with van der Waals surface area (Å²) in [5.74, 6) is 0.339. The van der Waals surface area contributed by atoms with E-state index in [4.69, 9.17) is 9.47 Å². The van der Waals surface area contributed by atoms with Gasteiger partial charge in [0.2, 0.25) is 5.91 Å². The highest BCUT2D eigenvalue weighted by Gasteiger charge is 2.12. The smallest absolute Gasteiger partial charge is 0.220 e. The average Bonchev–Trinajstić information content (AvgIpc) is 2.66. The molecule has 0 saturated carbocycles. The molecule has 0 fully saturated rings. The summed E-state index contributed by atoms with van der Waals surface area (Å²) in [6.45, 7) is 1.97. The number of methoxy groups -OCH3 is 2. The topological polar surface area (TPSA) is 64.6 Å². The molecule has 2 aromatic carbocycles. The van der Waals surface area contributed by atoms with Crippen molar-refractivity contribution in [1.29, 1.82) is 0 Å². The van der Waals surface area contributed by atoms with Crippen molar-refractivity contribution in [3.8, 4) is 11.5 Å². The quantitative estimate of drug-likeness (QED) is 0.734. The average molecular weight is 359 g/mol. The molecule has 1 amide bonds. The predicted molar refractivity (Wildman–Crippen MR) is 96.1 cm³/mol. The highest BCUT2D eigenvalue weighted by atomic mass is 19.1. The van der Waals surface area contributed by atoms with E-state index >= 15 is 0 Å². The molecule has 0 spiro atoms. The second-order valence-corrected chi connectivity index (χ2v) is 5.85. The standard InChI is InChI=1S/C20H22FNO4/c1-13-10-14(4-6-16(13)21)12-22-20(24)9-7-17(23)15-5-8-18(25-2)19(11-15)26-3/h4-6,8,10-11H,7,9,12H2,1-3H3,(H,22,24). The molecule has 0 radical (unpaired) electrons. The van der Waals surface area contributed by atoms with E-state index in [0.29, 0.717) is 29.2 Å². The second-order valence-electron chi connectivity index (χ2n) is 5.85. The number of hydrogen-bond acceptors (Lipinski definition) is 4. The second kappa shape index (κ2) is 8.99. The van der Waals surface area contributed by atoms with Crippen molar-refractivity contribution in [2.75, 3.05) is 14.2 Å². The van der Waals surface area contributed by atoms with Crippen molar-refractivity contribution in [2.24, 2.45) is 0 Å². The fraction of sp³-hybridized carbons (Fsp3) is 0.300. The van der Waals surface area contributed by atoms with Gasteiger partial charge in [0.1, 0.15) is 5.82 Å². The third-order valence-electron chi connectivity index (χ3n) is 4.00. The molecule has 26 heavy (non-hydrogen) atoms. The fourth-order valence-electron chi connectivity index (χ4n) is 2.49. The van der Waals surface area contributed by atoms with Crippen molar-refractivity contribution in [1.82, 2.24) is 5.32 Å². The van der Waals surface area contributed by atoms with Gasteiger partial charge >= 0.3 is 0 Å². The third-order valence-corrected chi connectivity index (χ3v) is 4.00. The van der Waals surface area contributed by atoms with Gasteiger partial charge in [0, 0.05) is 24.9 Å². The van der Waals surface area contributed by atoms with Crippen LogP contribution in [-0.2, 0) is 11.3 Å². The molecule has 0 heterocycles. The lowest BCUT2D eigenvalue weighted by molar-refractivity contribution is -0.121. The number of rotatable bonds is 8. The Morgan fingerprint density at radius 2 is 1.73 bits per heavy atom. The molecule has 2 rings (SSSR count). The van der Waals surface area contributed by atoms with E-state index in [-0.39, 0.29) is 30.3 Å². The molecule has 0 aliphatic carbocycles. The number of nitrogens with one attached hydrogen (secondary N) is 1. The van der Waals surface area contributed by atoms with E-state index in [9.17, 15) is 14.0 Å². The van der Waals surface area contributed by atoms with Crippen LogP contribution in [-0.4, -0.2) is 25.9 Å². The molecule has 2 aromatic rings. The van der Waals surface area contributed by atoms with E-state index in [1.807, 2.05) is 0 Å². The fourth-order valence-corrected chi connectivity index (χ4v) is 2.49. The number of amides is 1. The first-order chi connectivity index (χ1) is 12.4. The summed E-state index contributed by atoms with van der Waals surface area (Å²) < 4.78 is 23.5. The zero-order valence-electron chi connectivity index (χ0n) is 15.1. The Balaban J connectivity index is 1.86. The van der Waals surface area contributed by atoms with E-state index in [0.717, 1.165) is 5.56 Å². The number of carbonyl (C=O) groups excluding carboxylic acids is 2. The number of hydrogen-bond donors (Lipinski definition) is 1. The van der Waals surface area contributed by atoms with Gasteiger partial charge in [-0.05, 0) is 42.3 Å². The first-order valence-electron chi connectivity index (χ1n) is 8.21. The molecular weight excluding hydrogens is 337 g/mol. The molecule has 0 atom stereocenters. The van der Waals surface area contributed by atoms with Gasteiger partial charge in [0.25, 0.3) is 0 Å². The minimum atomic E-state index is -0.277. The number of ether oxygens (including phenoxy) is 2. The van der Waals surface area contributed by atoms with Crippen molar-refractivity contribution in [3.63, 3.8) is 0 Å². The zero-order chi connectivity index (χ0) is 19.1. The van der Waals surface area contributed by atoms with Gasteiger partial charge < -0.3 is 14.8 Å². The lowest BCUT2D eigenvalue weighted by atomic mass is 10.1. The molecule has 0 unspecified atom stereocenters. The summed E-state index contributed by atoms with van der Waals surface area (Å²) in [5, 5.41) is 2.73. The Labute approximate surface area is 152 Å². The van der Waals surface area contributed by atoms with E-state index in [2.05, 4.69) is 5.32 Å². The van der Waals surface area contributed by atoms with Crippen LogP contribution in [0.4, 0.5) is 4.39 Å². The normalized spacial score (nSPS) is 10.3. The Kier molecular flexibility index (Phi) is 6.72. The molecule has 0 saturated heterocycles. The number of benzene rings is 2. The summed E-state index contributed by atoms with van der Waals surface area (Å²) in [6.07, 6.45) is 0.164. The summed E-state index contributed by atoms with van der Waals surface area (Å²) in [4.78, 5) is 24.2. The summed E-state index contributed by atoms with van der Waals surface area (Å²) >= 11 is 0. The lowest BCUT2D eigenvalue weighted by Crippen LogP contribution is -2.23. The molecule has 0 aliphatic rings. The molecule has 1 N–H and O–H groups in total. The van der Waals surface area contributed by atoms with Gasteiger partial charge in [0.05, 0.1) is 14.2 Å². The number of ketones is 1. The molecule has 0 aromatic heterocycles. The van der Waals surface area contributed by atoms with Crippen LogP contribution in [0, 0.1) is 12.7 Å². The number of Topliss-reactive ketones (excluding diaryl/α,β-unsaturated/α-hetero) is 1. The molecule has 6 heteroatoms. The van der Waals surface area contributed by atoms with Crippen LogP contribution in [0.3, 0.4) is 0 Å². The van der Waals surface area contributed by atoms with E-state index in [1.165, 1.54) is 20.3 Å². The highest BCUT2D eigenvalue weighted by molar-refractivity contribution is 5.98. The maximum atomic E-state index is 13.2. The first kappa shape index (κ1) is 19.4. The van der Waals surface area contributed by atoms with E-state index < -0.39 is 0 Å². The SMILES string of the molecule is COc1ccc(C(=O)CCC(=O)NCc2ccc(F)c(C)c2)cc1OC. The van der Waals surface area contributed by atoms with Crippen LogP contribution in [0.15, 0.2) is 36.4 Å². The molecule has 0 bridgehead atoms. The largest absolute Gasteiger partial charge is 0.493 e. The van der Waals surface area contributed by atoms with Crippen LogP contribution >= 0.6 is 0 Å². The number of carbonyl (C=O) groups is 2. The third kappa shape index (κ3) is 5.05. The van der Waals surface area contributed by atoms with Crippen LogP contribution in [0.2, 0.25) is 0 Å². The Hall–Kier alpha value is -2.89. The van der Waals surface area contributed by atoms with Crippen LogP contribution in [0.1, 0.15) is 34.3 Å². The van der Waals surface area contributed by atoms with Gasteiger partial charge in [-0.25, -0.2) is 4.39 Å². The van der Waals surface area contributed by atoms with Crippen LogP contribution in [0.5, 0.6) is 11.5 Å². The van der Waals surface area contributed by atoms with Crippen molar-refractivity contribution >= 4 is 11.7 Å². The van der Waals surface area contributed by atoms with Crippen LogP contribution < -0.4 is 14.8 Å². The molecule has 138 valence electrons. The highest BCUT2D eigenvalue weighted by Crippen LogP contribution is 2.28. The van der Waals surface area contributed by atoms with Gasteiger partial charge in [-0.1, -0.05) is 12.1 Å². The first-order valence-corrected chi connectivity index (χ1v) is 8.21. The van der Waals surface area contributed by atoms with Gasteiger partial charge in [-0.15, -0.1) is 0 Å². The molecular formula is C20H22FNO4. The van der Waals surface area contributed by atoms with Gasteiger partial charge in [-0.3, -0.25) is 9.59 Å². The van der Waals surface area contributed by atoms with Crippen molar-refractivity contribution in [3.05, 3.63) is 58.9 Å². The maximum Gasteiger partial charge on any atom is 0.220 e. The molecule has 0 aliphatic heterocycles. The van der Waals surface area contributed by atoms with E-state index in [1.54, 1.807) is 37.3 Å². The maximum absolute atomic E-state index is 13.2. The van der Waals surface area contributed by atoms with Crippen molar-refractivity contribution < 1.29 is 23.5 Å². The Morgan fingerprint density at radius 3 is 2.38 bits per heavy atom. The summed E-state index contributed by atoms with van der Waals surface area (Å²) in [5.41, 5.74) is 1.80. The monoisotopic (exact) mass is 359 g/mol. The zero-order valence-corrected chi connectivity index (χ0v) is 15.1. The minimum Gasteiger partial charge on any atom is -0.493 e. The predicted octanol–water partition coefficient (Wildman–Crippen LogP) is 3.43. The summed E-state index contributed by atoms with van der Waals surface area (Å²) in [6, 6.07) is 9.57. The number of halogens is 1. The summed E-state index contributed by atoms with van der Waals surface area (Å²) in [7, 11) is 3.02. The molecule has 5 nitrogen and oxygen atoms in total.